The van der Waals surface area contributed by atoms with Crippen LogP contribution in [0.15, 0.2) is 40.9 Å². The Bertz CT molecular complexity index is 691. The third-order valence-corrected chi connectivity index (χ3v) is 5.77. The van der Waals surface area contributed by atoms with E-state index >= 15 is 0 Å². The highest BCUT2D eigenvalue weighted by Gasteiger charge is 2.53. The Hall–Kier alpha value is -1.99. The molecule has 4 rings (SSSR count). The molecule has 23 heavy (non-hydrogen) atoms. The van der Waals surface area contributed by atoms with Crippen LogP contribution in [0.25, 0.3) is 0 Å². The molecular weight excluding hydrogens is 314 g/mol. The number of nitrogens with zero attached hydrogens (tertiary/aromatic N) is 2. The molecule has 7 heteroatoms. The van der Waals surface area contributed by atoms with Crippen LogP contribution in [0.2, 0.25) is 0 Å². The van der Waals surface area contributed by atoms with Crippen LogP contribution in [0.5, 0.6) is 0 Å². The quantitative estimate of drug-likeness (QED) is 0.911. The van der Waals surface area contributed by atoms with Gasteiger partial charge in [0.2, 0.25) is 0 Å². The Morgan fingerprint density at radius 2 is 2.13 bits per heavy atom. The Labute approximate surface area is 138 Å². The summed E-state index contributed by atoms with van der Waals surface area (Å²) in [6, 6.07) is 9.39. The number of amides is 3. The van der Waals surface area contributed by atoms with Crippen LogP contribution in [0.3, 0.4) is 0 Å². The Morgan fingerprint density at radius 3 is 2.87 bits per heavy atom. The van der Waals surface area contributed by atoms with E-state index in [2.05, 4.69) is 0 Å². The molecule has 2 bridgehead atoms. The number of carbonyl (C=O) groups is 2. The van der Waals surface area contributed by atoms with Crippen LogP contribution in [0, 0.1) is 5.92 Å². The molecule has 1 aromatic rings. The minimum atomic E-state index is -0.531. The lowest BCUT2D eigenvalue weighted by atomic mass is 9.93. The molecule has 2 atom stereocenters. The van der Waals surface area contributed by atoms with Crippen molar-refractivity contribution < 1.29 is 14.4 Å². The number of benzene rings is 1. The highest BCUT2D eigenvalue weighted by Crippen LogP contribution is 2.48. The van der Waals surface area contributed by atoms with E-state index in [9.17, 15) is 9.59 Å². The Balaban J connectivity index is 1.58. The topological polar surface area (TPSA) is 75.9 Å². The number of carbonyl (C=O) groups excluding carboxylic acids is 2. The molecule has 0 aliphatic carbocycles. The van der Waals surface area contributed by atoms with E-state index in [0.29, 0.717) is 18.8 Å². The Morgan fingerprint density at radius 1 is 1.35 bits per heavy atom. The van der Waals surface area contributed by atoms with Crippen LogP contribution in [0.4, 0.5) is 4.79 Å². The molecular formula is C16H17N3O3S. The van der Waals surface area contributed by atoms with Gasteiger partial charge in [-0.25, -0.2) is 4.79 Å². The molecule has 2 unspecified atom stereocenters. The van der Waals surface area contributed by atoms with Crippen molar-refractivity contribution in [2.75, 3.05) is 12.3 Å². The highest BCUT2D eigenvalue weighted by atomic mass is 32.2. The van der Waals surface area contributed by atoms with E-state index in [1.165, 1.54) is 9.96 Å². The molecule has 3 heterocycles. The lowest BCUT2D eigenvalue weighted by Gasteiger charge is -2.29. The molecule has 2 fully saturated rings. The average molecular weight is 331 g/mol. The van der Waals surface area contributed by atoms with Gasteiger partial charge in [0.15, 0.2) is 0 Å². The van der Waals surface area contributed by atoms with E-state index in [-0.39, 0.29) is 18.0 Å². The van der Waals surface area contributed by atoms with Gasteiger partial charge in [0.25, 0.3) is 5.91 Å². The number of thioether (sulfide) groups is 1. The first-order valence-corrected chi connectivity index (χ1v) is 8.59. The number of primary amides is 1. The molecule has 0 spiro atoms. The van der Waals surface area contributed by atoms with E-state index in [1.807, 2.05) is 30.3 Å². The number of rotatable bonds is 4. The molecule has 0 aromatic heterocycles. The van der Waals surface area contributed by atoms with Crippen LogP contribution < -0.4 is 5.73 Å². The van der Waals surface area contributed by atoms with Gasteiger partial charge in [0, 0.05) is 10.8 Å². The molecule has 3 aliphatic rings. The first-order chi connectivity index (χ1) is 11.2. The minimum absolute atomic E-state index is 0.0423. The fraction of sp³-hybridized carbons (Fsp3) is 0.375. The number of hydroxylamine groups is 2. The standard InChI is InChI=1S/C16H17N3O3S/c17-15(20)13-14-11(6-7-23-14)12-8-18(13)16(21)19(12)22-9-10-4-2-1-3-5-10/h1-5,11-12H,6-9H2,(H2,17,20). The molecule has 3 aliphatic heterocycles. The van der Waals surface area contributed by atoms with Crippen molar-refractivity contribution in [3.8, 4) is 0 Å². The van der Waals surface area contributed by atoms with Crippen molar-refractivity contribution in [2.24, 2.45) is 11.7 Å². The van der Waals surface area contributed by atoms with Crippen LogP contribution in [-0.2, 0) is 16.2 Å². The maximum atomic E-state index is 12.6. The van der Waals surface area contributed by atoms with Gasteiger partial charge in [0.1, 0.15) is 12.3 Å². The number of hydrogen-bond acceptors (Lipinski definition) is 4. The first-order valence-electron chi connectivity index (χ1n) is 7.61. The van der Waals surface area contributed by atoms with Gasteiger partial charge < -0.3 is 5.73 Å². The number of urea groups is 1. The summed E-state index contributed by atoms with van der Waals surface area (Å²) in [5.74, 6) is 0.569. The summed E-state index contributed by atoms with van der Waals surface area (Å²) in [6.45, 7) is 0.804. The summed E-state index contributed by atoms with van der Waals surface area (Å²) in [5.41, 5.74) is 6.88. The molecule has 120 valence electrons. The summed E-state index contributed by atoms with van der Waals surface area (Å²) in [5, 5.41) is 1.44. The van der Waals surface area contributed by atoms with Gasteiger partial charge in [-0.15, -0.1) is 11.8 Å². The van der Waals surface area contributed by atoms with Crippen molar-refractivity contribution >= 4 is 23.7 Å². The summed E-state index contributed by atoms with van der Waals surface area (Å²) >= 11 is 1.63. The van der Waals surface area contributed by atoms with E-state index < -0.39 is 5.91 Å². The van der Waals surface area contributed by atoms with Crippen molar-refractivity contribution in [1.29, 1.82) is 0 Å². The molecule has 0 radical (unpaired) electrons. The molecule has 2 N–H and O–H groups in total. The number of fused-ring (bicyclic) bond motifs is 4. The van der Waals surface area contributed by atoms with Gasteiger partial charge in [-0.1, -0.05) is 30.3 Å². The number of hydrogen-bond donors (Lipinski definition) is 1. The van der Waals surface area contributed by atoms with Crippen molar-refractivity contribution in [3.63, 3.8) is 0 Å². The second-order valence-corrected chi connectivity index (χ2v) is 7.00. The van der Waals surface area contributed by atoms with Crippen molar-refractivity contribution in [2.45, 2.75) is 19.1 Å². The van der Waals surface area contributed by atoms with Crippen LogP contribution in [-0.4, -0.2) is 40.2 Å². The zero-order valence-electron chi connectivity index (χ0n) is 12.5. The third kappa shape index (κ3) is 2.31. The van der Waals surface area contributed by atoms with Crippen molar-refractivity contribution in [1.82, 2.24) is 9.96 Å². The minimum Gasteiger partial charge on any atom is -0.364 e. The lowest BCUT2D eigenvalue weighted by molar-refractivity contribution is -0.146. The second kappa shape index (κ2) is 5.58. The normalized spacial score (nSPS) is 26.0. The maximum Gasteiger partial charge on any atom is 0.349 e. The molecule has 0 saturated carbocycles. The third-order valence-electron chi connectivity index (χ3n) is 4.53. The van der Waals surface area contributed by atoms with Crippen molar-refractivity contribution in [3.05, 3.63) is 46.5 Å². The SMILES string of the molecule is NC(=O)C1=C2SCCC2C2CN1C(=O)N2OCc1ccccc1. The van der Waals surface area contributed by atoms with E-state index in [1.54, 1.807) is 11.8 Å². The number of nitrogens with two attached hydrogens (primary N) is 1. The molecule has 6 nitrogen and oxygen atoms in total. The molecule has 1 aromatic carbocycles. The van der Waals surface area contributed by atoms with Crippen LogP contribution in [0.1, 0.15) is 12.0 Å². The second-order valence-electron chi connectivity index (χ2n) is 5.87. The zero-order valence-corrected chi connectivity index (χ0v) is 13.3. The van der Waals surface area contributed by atoms with Crippen LogP contribution >= 0.6 is 11.8 Å². The smallest absolute Gasteiger partial charge is 0.349 e. The predicted octanol–water partition coefficient (Wildman–Crippen LogP) is 1.69. The maximum absolute atomic E-state index is 12.6. The monoisotopic (exact) mass is 331 g/mol. The van der Waals surface area contributed by atoms with Gasteiger partial charge in [0.05, 0.1) is 12.6 Å². The van der Waals surface area contributed by atoms with Gasteiger partial charge in [-0.05, 0) is 17.7 Å². The molecule has 2 saturated heterocycles. The Kier molecular flexibility index (Phi) is 3.54. The van der Waals surface area contributed by atoms with Gasteiger partial charge in [-0.2, -0.15) is 5.06 Å². The molecule has 3 amide bonds. The predicted molar refractivity (Wildman–Crippen MR) is 85.7 cm³/mol. The van der Waals surface area contributed by atoms with E-state index in [4.69, 9.17) is 10.6 Å². The summed E-state index contributed by atoms with van der Waals surface area (Å²) < 4.78 is 0. The average Bonchev–Trinajstić information content (AvgIpc) is 3.13. The summed E-state index contributed by atoms with van der Waals surface area (Å²) in [6.07, 6.45) is 0.938. The first kappa shape index (κ1) is 14.6. The van der Waals surface area contributed by atoms with Gasteiger partial charge in [-0.3, -0.25) is 14.5 Å². The fourth-order valence-corrected chi connectivity index (χ4v) is 4.91. The summed E-state index contributed by atoms with van der Waals surface area (Å²) in [4.78, 5) is 32.7. The fourth-order valence-electron chi connectivity index (χ4n) is 3.48. The summed E-state index contributed by atoms with van der Waals surface area (Å²) in [7, 11) is 0. The largest absolute Gasteiger partial charge is 0.364 e. The highest BCUT2D eigenvalue weighted by molar-refractivity contribution is 8.03. The van der Waals surface area contributed by atoms with Gasteiger partial charge >= 0.3 is 6.03 Å². The zero-order chi connectivity index (χ0) is 16.0. The van der Waals surface area contributed by atoms with E-state index in [0.717, 1.165) is 22.6 Å². The lowest BCUT2D eigenvalue weighted by Crippen LogP contribution is -2.40.